The predicted octanol–water partition coefficient (Wildman–Crippen LogP) is -0.142. The fourth-order valence-electron chi connectivity index (χ4n) is 1.60. The Morgan fingerprint density at radius 3 is 3.29 bits per heavy atom. The van der Waals surface area contributed by atoms with Crippen LogP contribution in [0.1, 0.15) is 25.1 Å². The first-order valence-corrected chi connectivity index (χ1v) is 4.98. The van der Waals surface area contributed by atoms with Crippen molar-refractivity contribution in [2.75, 3.05) is 13.2 Å². The molecule has 2 N–H and O–H groups in total. The molecule has 0 radical (unpaired) electrons. The van der Waals surface area contributed by atoms with Crippen molar-refractivity contribution < 1.29 is 4.74 Å². The van der Waals surface area contributed by atoms with Crippen LogP contribution >= 0.6 is 0 Å². The van der Waals surface area contributed by atoms with Gasteiger partial charge in [-0.3, -0.25) is 0 Å². The molecule has 2 heterocycles. The summed E-state index contributed by atoms with van der Waals surface area (Å²) in [5.74, 6) is 0.718. The Bertz CT molecular complexity index is 242. The number of hydrogen-bond donors (Lipinski definition) is 2. The highest BCUT2D eigenvalue weighted by atomic mass is 16.5. The van der Waals surface area contributed by atoms with Crippen LogP contribution in [0.2, 0.25) is 0 Å². The topological polar surface area (TPSA) is 75.7 Å². The van der Waals surface area contributed by atoms with Gasteiger partial charge in [0.2, 0.25) is 0 Å². The zero-order valence-corrected chi connectivity index (χ0v) is 8.07. The van der Waals surface area contributed by atoms with Crippen molar-refractivity contribution >= 4 is 0 Å². The molecule has 0 bridgehead atoms. The molecule has 1 atom stereocenters. The van der Waals surface area contributed by atoms with E-state index in [0.717, 1.165) is 38.3 Å². The van der Waals surface area contributed by atoms with E-state index in [1.54, 1.807) is 0 Å². The van der Waals surface area contributed by atoms with Gasteiger partial charge in [-0.05, 0) is 19.3 Å². The van der Waals surface area contributed by atoms with E-state index in [2.05, 4.69) is 25.9 Å². The monoisotopic (exact) mass is 197 g/mol. The van der Waals surface area contributed by atoms with Crippen LogP contribution in [0.5, 0.6) is 0 Å². The van der Waals surface area contributed by atoms with Gasteiger partial charge in [0.15, 0.2) is 5.82 Å². The van der Waals surface area contributed by atoms with Crippen molar-refractivity contribution in [1.82, 2.24) is 25.9 Å². The molecule has 1 unspecified atom stereocenters. The van der Waals surface area contributed by atoms with Gasteiger partial charge in [-0.2, -0.15) is 5.21 Å². The Hall–Kier alpha value is -1.01. The highest BCUT2D eigenvalue weighted by Gasteiger charge is 2.12. The lowest BCUT2D eigenvalue weighted by atomic mass is 10.1. The molecular formula is C8H15N5O. The largest absolute Gasteiger partial charge is 0.381 e. The second kappa shape index (κ2) is 5.02. The van der Waals surface area contributed by atoms with E-state index in [0.29, 0.717) is 12.6 Å². The number of aromatic nitrogens is 4. The first kappa shape index (κ1) is 9.54. The second-order valence-corrected chi connectivity index (χ2v) is 3.45. The summed E-state index contributed by atoms with van der Waals surface area (Å²) in [5.41, 5.74) is 0. The van der Waals surface area contributed by atoms with Crippen molar-refractivity contribution in [3.63, 3.8) is 0 Å². The van der Waals surface area contributed by atoms with Gasteiger partial charge in [-0.25, -0.2) is 0 Å². The van der Waals surface area contributed by atoms with E-state index in [9.17, 15) is 0 Å². The third kappa shape index (κ3) is 2.74. The summed E-state index contributed by atoms with van der Waals surface area (Å²) in [4.78, 5) is 0. The molecule has 0 saturated carbocycles. The Morgan fingerprint density at radius 2 is 2.43 bits per heavy atom. The number of ether oxygens (including phenoxy) is 1. The maximum atomic E-state index is 5.37. The van der Waals surface area contributed by atoms with E-state index in [1.807, 2.05) is 0 Å². The SMILES string of the molecule is C1COCCC(NCc2nn[nH]n2)C1. The van der Waals surface area contributed by atoms with Gasteiger partial charge in [0, 0.05) is 19.3 Å². The summed E-state index contributed by atoms with van der Waals surface area (Å²) in [6, 6.07) is 0.524. The fourth-order valence-corrected chi connectivity index (χ4v) is 1.60. The zero-order chi connectivity index (χ0) is 9.64. The molecule has 0 spiro atoms. The van der Waals surface area contributed by atoms with Crippen LogP contribution in [0.15, 0.2) is 0 Å². The maximum absolute atomic E-state index is 5.37. The van der Waals surface area contributed by atoms with Crippen molar-refractivity contribution in [3.05, 3.63) is 5.82 Å². The summed E-state index contributed by atoms with van der Waals surface area (Å²) < 4.78 is 5.37. The minimum Gasteiger partial charge on any atom is -0.381 e. The van der Waals surface area contributed by atoms with Crippen LogP contribution in [0, 0.1) is 0 Å². The van der Waals surface area contributed by atoms with Crippen molar-refractivity contribution in [2.45, 2.75) is 31.8 Å². The highest BCUT2D eigenvalue weighted by molar-refractivity contribution is 4.78. The van der Waals surface area contributed by atoms with E-state index in [1.165, 1.54) is 0 Å². The number of hydrogen-bond acceptors (Lipinski definition) is 5. The van der Waals surface area contributed by atoms with E-state index < -0.39 is 0 Å². The number of nitrogens with zero attached hydrogens (tertiary/aromatic N) is 3. The van der Waals surface area contributed by atoms with Gasteiger partial charge in [-0.1, -0.05) is 5.21 Å². The molecule has 14 heavy (non-hydrogen) atoms. The number of tetrazole rings is 1. The molecule has 0 amide bonds. The quantitative estimate of drug-likeness (QED) is 0.705. The van der Waals surface area contributed by atoms with E-state index >= 15 is 0 Å². The lowest BCUT2D eigenvalue weighted by Gasteiger charge is -2.13. The van der Waals surface area contributed by atoms with Gasteiger partial charge >= 0.3 is 0 Å². The van der Waals surface area contributed by atoms with Gasteiger partial charge in [-0.15, -0.1) is 10.2 Å². The molecule has 2 rings (SSSR count). The Labute approximate surface area is 82.4 Å². The van der Waals surface area contributed by atoms with Crippen LogP contribution in [0.25, 0.3) is 0 Å². The smallest absolute Gasteiger partial charge is 0.188 e. The van der Waals surface area contributed by atoms with Crippen molar-refractivity contribution in [3.8, 4) is 0 Å². The molecule has 0 aromatic carbocycles. The summed E-state index contributed by atoms with van der Waals surface area (Å²) >= 11 is 0. The van der Waals surface area contributed by atoms with Crippen LogP contribution in [-0.2, 0) is 11.3 Å². The molecule has 0 aliphatic carbocycles. The minimum absolute atomic E-state index is 0.524. The van der Waals surface area contributed by atoms with Crippen LogP contribution < -0.4 is 5.32 Å². The van der Waals surface area contributed by atoms with Gasteiger partial charge in [0.1, 0.15) is 0 Å². The standard InChI is InChI=1S/C8H15N5O/c1-2-7(3-5-14-4-1)9-6-8-10-12-13-11-8/h7,9H,1-6H2,(H,10,11,12,13). The first-order chi connectivity index (χ1) is 6.95. The number of nitrogens with one attached hydrogen (secondary N) is 2. The average Bonchev–Trinajstić information content (AvgIpc) is 2.58. The molecule has 6 nitrogen and oxygen atoms in total. The van der Waals surface area contributed by atoms with Gasteiger partial charge < -0.3 is 10.1 Å². The summed E-state index contributed by atoms with van der Waals surface area (Å²) in [6.07, 6.45) is 3.36. The van der Waals surface area contributed by atoms with Crippen LogP contribution in [0.4, 0.5) is 0 Å². The average molecular weight is 197 g/mol. The highest BCUT2D eigenvalue weighted by Crippen LogP contribution is 2.08. The Kier molecular flexibility index (Phi) is 3.42. The molecule has 1 aromatic rings. The molecule has 1 fully saturated rings. The minimum atomic E-state index is 0.524. The molecule has 1 saturated heterocycles. The molecule has 1 aliphatic heterocycles. The molecular weight excluding hydrogens is 182 g/mol. The summed E-state index contributed by atoms with van der Waals surface area (Å²) in [5, 5.41) is 17.1. The van der Waals surface area contributed by atoms with Crippen molar-refractivity contribution in [1.29, 1.82) is 0 Å². The Balaban J connectivity index is 1.73. The summed E-state index contributed by atoms with van der Waals surface area (Å²) in [6.45, 7) is 2.42. The zero-order valence-electron chi connectivity index (χ0n) is 8.07. The lowest BCUT2D eigenvalue weighted by Crippen LogP contribution is -2.29. The van der Waals surface area contributed by atoms with Gasteiger partial charge in [0.05, 0.1) is 6.54 Å². The third-order valence-corrected chi connectivity index (χ3v) is 2.39. The number of rotatable bonds is 3. The molecule has 6 heteroatoms. The summed E-state index contributed by atoms with van der Waals surface area (Å²) in [7, 11) is 0. The van der Waals surface area contributed by atoms with E-state index in [-0.39, 0.29) is 0 Å². The maximum Gasteiger partial charge on any atom is 0.188 e. The van der Waals surface area contributed by atoms with Gasteiger partial charge in [0.25, 0.3) is 0 Å². The number of aromatic amines is 1. The first-order valence-electron chi connectivity index (χ1n) is 4.98. The van der Waals surface area contributed by atoms with E-state index in [4.69, 9.17) is 4.74 Å². The molecule has 78 valence electrons. The third-order valence-electron chi connectivity index (χ3n) is 2.39. The van der Waals surface area contributed by atoms with Crippen molar-refractivity contribution in [2.24, 2.45) is 0 Å². The number of H-pyrrole nitrogens is 1. The second-order valence-electron chi connectivity index (χ2n) is 3.45. The molecule has 1 aromatic heterocycles. The van der Waals surface area contributed by atoms with Crippen LogP contribution in [-0.4, -0.2) is 39.9 Å². The fraction of sp³-hybridized carbons (Fsp3) is 0.875. The molecule has 1 aliphatic rings. The normalized spacial score (nSPS) is 23.3. The predicted molar refractivity (Wildman–Crippen MR) is 49.5 cm³/mol. The lowest BCUT2D eigenvalue weighted by molar-refractivity contribution is 0.142. The Morgan fingerprint density at radius 1 is 1.43 bits per heavy atom. The van der Waals surface area contributed by atoms with Crippen LogP contribution in [0.3, 0.4) is 0 Å².